The van der Waals surface area contributed by atoms with E-state index in [0.717, 1.165) is 0 Å². The minimum atomic E-state index is -3.89. The highest BCUT2D eigenvalue weighted by molar-refractivity contribution is 7.89. The number of carbonyl (C=O) groups is 1. The first kappa shape index (κ1) is 15.6. The van der Waals surface area contributed by atoms with Crippen LogP contribution in [0.5, 0.6) is 0 Å². The Bertz CT molecular complexity index is 592. The normalized spacial score (nSPS) is 12.4. The van der Waals surface area contributed by atoms with Gasteiger partial charge in [0.25, 0.3) is 0 Å². The summed E-state index contributed by atoms with van der Waals surface area (Å²) in [5.74, 6) is -1.18. The van der Waals surface area contributed by atoms with Gasteiger partial charge in [-0.15, -0.1) is 0 Å². The summed E-state index contributed by atoms with van der Waals surface area (Å²) < 4.78 is 26.7. The molecular formula is C12H17NO5S. The van der Waals surface area contributed by atoms with Crippen molar-refractivity contribution in [3.8, 4) is 0 Å². The molecule has 0 aliphatic rings. The SMILES string of the molecule is Cc1c(C(=O)O)cccc1S(=O)(=O)NC(C)(C)CO. The monoisotopic (exact) mass is 287 g/mol. The zero-order valence-electron chi connectivity index (χ0n) is 11.0. The Morgan fingerprint density at radius 2 is 1.95 bits per heavy atom. The number of carboxylic acids is 1. The fourth-order valence-electron chi connectivity index (χ4n) is 1.59. The largest absolute Gasteiger partial charge is 0.478 e. The second-order valence-electron chi connectivity index (χ2n) is 4.88. The van der Waals surface area contributed by atoms with Crippen molar-refractivity contribution in [3.05, 3.63) is 29.3 Å². The molecule has 19 heavy (non-hydrogen) atoms. The molecule has 0 saturated heterocycles. The van der Waals surface area contributed by atoms with Gasteiger partial charge >= 0.3 is 5.97 Å². The number of carboxylic acid groups (broad SMARTS) is 1. The lowest BCUT2D eigenvalue weighted by Crippen LogP contribution is -2.46. The van der Waals surface area contributed by atoms with Crippen molar-refractivity contribution in [2.75, 3.05) is 6.61 Å². The Labute approximate surface area is 112 Å². The summed E-state index contributed by atoms with van der Waals surface area (Å²) >= 11 is 0. The van der Waals surface area contributed by atoms with Gasteiger partial charge in [-0.1, -0.05) is 6.07 Å². The quantitative estimate of drug-likeness (QED) is 0.741. The smallest absolute Gasteiger partial charge is 0.335 e. The summed E-state index contributed by atoms with van der Waals surface area (Å²) in [6, 6.07) is 4.04. The molecule has 3 N–H and O–H groups in total. The van der Waals surface area contributed by atoms with Gasteiger partial charge < -0.3 is 10.2 Å². The van der Waals surface area contributed by atoms with Crippen molar-refractivity contribution in [1.29, 1.82) is 0 Å². The third-order valence-electron chi connectivity index (χ3n) is 2.61. The van der Waals surface area contributed by atoms with Gasteiger partial charge in [-0.3, -0.25) is 0 Å². The molecule has 0 atom stereocenters. The standard InChI is InChI=1S/C12H17NO5S/c1-8-9(11(15)16)5-4-6-10(8)19(17,18)13-12(2,3)7-14/h4-6,13-14H,7H2,1-3H3,(H,15,16). The number of hydrogen-bond acceptors (Lipinski definition) is 4. The molecule has 0 fully saturated rings. The van der Waals surface area contributed by atoms with E-state index < -0.39 is 21.5 Å². The number of rotatable bonds is 5. The number of benzene rings is 1. The summed E-state index contributed by atoms with van der Waals surface area (Å²) in [4.78, 5) is 10.9. The molecule has 0 aliphatic carbocycles. The van der Waals surface area contributed by atoms with Gasteiger partial charge in [0.1, 0.15) is 0 Å². The molecule has 0 radical (unpaired) electrons. The Morgan fingerprint density at radius 3 is 2.42 bits per heavy atom. The van der Waals surface area contributed by atoms with E-state index in [9.17, 15) is 13.2 Å². The zero-order valence-corrected chi connectivity index (χ0v) is 11.8. The average molecular weight is 287 g/mol. The Kier molecular flexibility index (Phi) is 4.34. The van der Waals surface area contributed by atoms with Gasteiger partial charge in [-0.05, 0) is 38.5 Å². The van der Waals surface area contributed by atoms with Crippen molar-refractivity contribution in [2.24, 2.45) is 0 Å². The average Bonchev–Trinajstić information content (AvgIpc) is 2.27. The Hall–Kier alpha value is -1.44. The van der Waals surface area contributed by atoms with Crippen molar-refractivity contribution in [1.82, 2.24) is 4.72 Å². The molecule has 106 valence electrons. The van der Waals surface area contributed by atoms with Gasteiger partial charge in [0, 0.05) is 0 Å². The highest BCUT2D eigenvalue weighted by Gasteiger charge is 2.27. The van der Waals surface area contributed by atoms with Crippen LogP contribution in [0.4, 0.5) is 0 Å². The molecule has 0 aliphatic heterocycles. The lowest BCUT2D eigenvalue weighted by molar-refractivity contribution is 0.0696. The highest BCUT2D eigenvalue weighted by atomic mass is 32.2. The zero-order chi connectivity index (χ0) is 14.8. The van der Waals surface area contributed by atoms with E-state index in [4.69, 9.17) is 10.2 Å². The maximum atomic E-state index is 12.2. The van der Waals surface area contributed by atoms with Gasteiger partial charge in [0.15, 0.2) is 0 Å². The van der Waals surface area contributed by atoms with Crippen LogP contribution in [0.15, 0.2) is 23.1 Å². The van der Waals surface area contributed by atoms with Crippen LogP contribution >= 0.6 is 0 Å². The van der Waals surface area contributed by atoms with Gasteiger partial charge in [-0.2, -0.15) is 0 Å². The van der Waals surface area contributed by atoms with E-state index in [-0.39, 0.29) is 22.6 Å². The molecule has 7 heteroatoms. The summed E-state index contributed by atoms with van der Waals surface area (Å²) in [5, 5.41) is 18.1. The number of aromatic carboxylic acids is 1. The van der Waals surface area contributed by atoms with E-state index in [0.29, 0.717) is 0 Å². The van der Waals surface area contributed by atoms with Gasteiger partial charge in [0.05, 0.1) is 22.6 Å². The van der Waals surface area contributed by atoms with Crippen molar-refractivity contribution in [3.63, 3.8) is 0 Å². The molecule has 0 saturated carbocycles. The van der Waals surface area contributed by atoms with E-state index >= 15 is 0 Å². The van der Waals surface area contributed by atoms with E-state index in [1.54, 1.807) is 0 Å². The van der Waals surface area contributed by atoms with Crippen LogP contribution in [-0.4, -0.2) is 36.7 Å². The molecule has 0 aromatic heterocycles. The molecule has 0 amide bonds. The van der Waals surface area contributed by atoms with Crippen LogP contribution < -0.4 is 4.72 Å². The summed E-state index contributed by atoms with van der Waals surface area (Å²) in [6.07, 6.45) is 0. The Morgan fingerprint density at radius 1 is 1.37 bits per heavy atom. The van der Waals surface area contributed by atoms with E-state index in [1.165, 1.54) is 39.0 Å². The number of aliphatic hydroxyl groups excluding tert-OH is 1. The summed E-state index contributed by atoms with van der Waals surface area (Å²) in [5.41, 5.74) is -0.925. The third kappa shape index (κ3) is 3.52. The molecule has 0 unspecified atom stereocenters. The fourth-order valence-corrected chi connectivity index (χ4v) is 3.26. The molecule has 6 nitrogen and oxygen atoms in total. The van der Waals surface area contributed by atoms with Crippen molar-refractivity contribution < 1.29 is 23.4 Å². The first-order valence-corrected chi connectivity index (χ1v) is 7.07. The third-order valence-corrected chi connectivity index (χ3v) is 4.45. The number of sulfonamides is 1. The highest BCUT2D eigenvalue weighted by Crippen LogP contribution is 2.20. The minimum Gasteiger partial charge on any atom is -0.478 e. The number of hydrogen-bond donors (Lipinski definition) is 3. The summed E-state index contributed by atoms with van der Waals surface area (Å²) in [6.45, 7) is 4.12. The number of nitrogens with one attached hydrogen (secondary N) is 1. The van der Waals surface area contributed by atoms with Crippen LogP contribution in [0, 0.1) is 6.92 Å². The second-order valence-corrected chi connectivity index (χ2v) is 6.53. The van der Waals surface area contributed by atoms with Crippen LogP contribution in [0.3, 0.4) is 0 Å². The molecule has 1 aromatic rings. The van der Waals surface area contributed by atoms with Crippen molar-refractivity contribution in [2.45, 2.75) is 31.2 Å². The molecule has 1 aromatic carbocycles. The predicted octanol–water partition coefficient (Wildman–Crippen LogP) is 0.742. The van der Waals surface area contributed by atoms with Gasteiger partial charge in [-0.25, -0.2) is 17.9 Å². The molecular weight excluding hydrogens is 270 g/mol. The maximum Gasteiger partial charge on any atom is 0.335 e. The van der Waals surface area contributed by atoms with E-state index in [2.05, 4.69) is 4.72 Å². The van der Waals surface area contributed by atoms with Crippen LogP contribution in [0.2, 0.25) is 0 Å². The number of aliphatic hydroxyl groups is 1. The maximum absolute atomic E-state index is 12.2. The first-order chi connectivity index (χ1) is 8.60. The molecule has 1 rings (SSSR count). The van der Waals surface area contributed by atoms with E-state index in [1.807, 2.05) is 0 Å². The van der Waals surface area contributed by atoms with Crippen LogP contribution in [-0.2, 0) is 10.0 Å². The minimum absolute atomic E-state index is 0.0651. The van der Waals surface area contributed by atoms with Gasteiger partial charge in [0.2, 0.25) is 10.0 Å². The molecule has 0 heterocycles. The molecule has 0 spiro atoms. The fraction of sp³-hybridized carbons (Fsp3) is 0.417. The lowest BCUT2D eigenvalue weighted by Gasteiger charge is -2.23. The summed E-state index contributed by atoms with van der Waals surface area (Å²) in [7, 11) is -3.89. The molecule has 0 bridgehead atoms. The predicted molar refractivity (Wildman–Crippen MR) is 69.6 cm³/mol. The van der Waals surface area contributed by atoms with Crippen molar-refractivity contribution >= 4 is 16.0 Å². The lowest BCUT2D eigenvalue weighted by atomic mass is 10.1. The van der Waals surface area contributed by atoms with Crippen LogP contribution in [0.25, 0.3) is 0 Å². The Balaban J connectivity index is 3.31. The first-order valence-electron chi connectivity index (χ1n) is 5.58. The van der Waals surface area contributed by atoms with Crippen LogP contribution in [0.1, 0.15) is 29.8 Å². The second kappa shape index (κ2) is 5.28. The topological polar surface area (TPSA) is 104 Å².